The first-order valence-corrected chi connectivity index (χ1v) is 9.31. The first-order valence-electron chi connectivity index (χ1n) is 9.31. The van der Waals surface area contributed by atoms with E-state index < -0.39 is 0 Å². The molecule has 3 N–H and O–H groups in total. The van der Waals surface area contributed by atoms with E-state index in [2.05, 4.69) is 10.6 Å². The maximum absolute atomic E-state index is 12.4. The molecule has 23 heavy (non-hydrogen) atoms. The third-order valence-corrected chi connectivity index (χ3v) is 6.72. The second-order valence-electron chi connectivity index (χ2n) is 7.98. The number of nitrogens with one attached hydrogen (secondary N) is 2. The number of ether oxygens (including phenoxy) is 1. The van der Waals surface area contributed by atoms with Crippen LogP contribution < -0.4 is 10.6 Å². The lowest BCUT2D eigenvalue weighted by molar-refractivity contribution is 0.131. The Bertz CT molecular complexity index is 409. The van der Waals surface area contributed by atoms with E-state index in [0.29, 0.717) is 11.8 Å². The van der Waals surface area contributed by atoms with Crippen LogP contribution in [0.2, 0.25) is 0 Å². The van der Waals surface area contributed by atoms with Crippen molar-refractivity contribution in [1.82, 2.24) is 10.6 Å². The van der Waals surface area contributed by atoms with Crippen LogP contribution in [0.4, 0.5) is 4.79 Å². The highest BCUT2D eigenvalue weighted by Crippen LogP contribution is 2.48. The SMILES string of the molecule is COCCC1(CNC(=O)NC2C3CCC(C3)C2CO)CCCC1. The molecule has 5 heteroatoms. The molecule has 0 aliphatic heterocycles. The molecule has 2 amide bonds. The normalized spacial score (nSPS) is 34.7. The molecule has 3 aliphatic rings. The molecule has 0 saturated heterocycles. The number of aliphatic hydroxyl groups excluding tert-OH is 1. The minimum atomic E-state index is -0.0512. The second-order valence-corrected chi connectivity index (χ2v) is 7.98. The lowest BCUT2D eigenvalue weighted by atomic mass is 9.83. The molecule has 0 aromatic heterocycles. The molecule has 0 aromatic carbocycles. The number of hydrogen-bond donors (Lipinski definition) is 3. The van der Waals surface area contributed by atoms with Crippen molar-refractivity contribution in [3.63, 3.8) is 0 Å². The van der Waals surface area contributed by atoms with Crippen molar-refractivity contribution in [3.05, 3.63) is 0 Å². The van der Waals surface area contributed by atoms with Gasteiger partial charge in [-0.05, 0) is 55.8 Å². The van der Waals surface area contributed by atoms with Gasteiger partial charge in [-0.15, -0.1) is 0 Å². The first-order chi connectivity index (χ1) is 11.2. The van der Waals surface area contributed by atoms with Gasteiger partial charge in [-0.2, -0.15) is 0 Å². The number of methoxy groups -OCH3 is 1. The van der Waals surface area contributed by atoms with E-state index in [1.54, 1.807) is 7.11 Å². The lowest BCUT2D eigenvalue weighted by Crippen LogP contribution is -2.50. The maximum atomic E-state index is 12.4. The summed E-state index contributed by atoms with van der Waals surface area (Å²) in [4.78, 5) is 12.4. The Hall–Kier alpha value is -0.810. The van der Waals surface area contributed by atoms with Gasteiger partial charge in [0.25, 0.3) is 0 Å². The Morgan fingerprint density at radius 2 is 2.00 bits per heavy atom. The molecule has 4 unspecified atom stereocenters. The number of carbonyl (C=O) groups is 1. The van der Waals surface area contributed by atoms with Crippen LogP contribution in [-0.4, -0.2) is 44.0 Å². The lowest BCUT2D eigenvalue weighted by Gasteiger charge is -2.32. The minimum absolute atomic E-state index is 0.0512. The van der Waals surface area contributed by atoms with Crippen LogP contribution in [-0.2, 0) is 4.74 Å². The predicted molar refractivity (Wildman–Crippen MR) is 89.1 cm³/mol. The van der Waals surface area contributed by atoms with E-state index >= 15 is 0 Å². The summed E-state index contributed by atoms with van der Waals surface area (Å²) in [6.45, 7) is 1.71. The highest BCUT2D eigenvalue weighted by molar-refractivity contribution is 5.74. The summed E-state index contributed by atoms with van der Waals surface area (Å²) in [6.07, 6.45) is 9.50. The first kappa shape index (κ1) is 17.0. The van der Waals surface area contributed by atoms with Crippen LogP contribution in [0.25, 0.3) is 0 Å². The molecule has 4 atom stereocenters. The average molecular weight is 324 g/mol. The summed E-state index contributed by atoms with van der Waals surface area (Å²) in [5, 5.41) is 15.9. The van der Waals surface area contributed by atoms with Gasteiger partial charge < -0.3 is 20.5 Å². The molecule has 3 rings (SSSR count). The van der Waals surface area contributed by atoms with Crippen LogP contribution >= 0.6 is 0 Å². The van der Waals surface area contributed by atoms with Gasteiger partial charge >= 0.3 is 6.03 Å². The van der Waals surface area contributed by atoms with Gasteiger partial charge in [0.15, 0.2) is 0 Å². The Kier molecular flexibility index (Phi) is 5.47. The molecule has 0 aromatic rings. The van der Waals surface area contributed by atoms with Gasteiger partial charge in [0.05, 0.1) is 0 Å². The van der Waals surface area contributed by atoms with Crippen LogP contribution in [0.3, 0.4) is 0 Å². The Morgan fingerprint density at radius 1 is 1.26 bits per heavy atom. The molecular weight excluding hydrogens is 292 g/mol. The molecule has 132 valence electrons. The zero-order chi connectivity index (χ0) is 16.3. The van der Waals surface area contributed by atoms with Crippen molar-refractivity contribution >= 4 is 6.03 Å². The third kappa shape index (κ3) is 3.66. The van der Waals surface area contributed by atoms with E-state index in [4.69, 9.17) is 4.74 Å². The maximum Gasteiger partial charge on any atom is 0.315 e. The molecule has 5 nitrogen and oxygen atoms in total. The highest BCUT2D eigenvalue weighted by Gasteiger charge is 2.47. The van der Waals surface area contributed by atoms with Crippen molar-refractivity contribution in [1.29, 1.82) is 0 Å². The number of amides is 2. The zero-order valence-corrected chi connectivity index (χ0v) is 14.4. The van der Waals surface area contributed by atoms with E-state index in [0.717, 1.165) is 19.6 Å². The molecule has 0 spiro atoms. The van der Waals surface area contributed by atoms with Crippen LogP contribution in [0, 0.1) is 23.2 Å². The fourth-order valence-corrected chi connectivity index (χ4v) is 5.33. The largest absolute Gasteiger partial charge is 0.396 e. The zero-order valence-electron chi connectivity index (χ0n) is 14.4. The average Bonchev–Trinajstić information content (AvgIpc) is 3.27. The monoisotopic (exact) mass is 324 g/mol. The van der Waals surface area contributed by atoms with Gasteiger partial charge in [0.2, 0.25) is 0 Å². The molecule has 0 heterocycles. The Morgan fingerprint density at radius 3 is 2.70 bits per heavy atom. The Labute approximate surface area is 139 Å². The van der Waals surface area contributed by atoms with Crippen molar-refractivity contribution in [3.8, 4) is 0 Å². The number of hydrogen-bond acceptors (Lipinski definition) is 3. The topological polar surface area (TPSA) is 70.6 Å². The smallest absolute Gasteiger partial charge is 0.315 e. The molecule has 3 fully saturated rings. The van der Waals surface area contributed by atoms with E-state index in [1.165, 1.54) is 44.9 Å². The molecule has 2 bridgehead atoms. The summed E-state index contributed by atoms with van der Waals surface area (Å²) in [6, 6.07) is 0.113. The van der Waals surface area contributed by atoms with Gasteiger partial charge in [0, 0.05) is 38.8 Å². The third-order valence-electron chi connectivity index (χ3n) is 6.72. The second kappa shape index (κ2) is 7.39. The van der Waals surface area contributed by atoms with E-state index in [-0.39, 0.29) is 30.0 Å². The van der Waals surface area contributed by atoms with Gasteiger partial charge in [0.1, 0.15) is 0 Å². The number of fused-ring (bicyclic) bond motifs is 2. The van der Waals surface area contributed by atoms with Crippen LogP contribution in [0.1, 0.15) is 51.4 Å². The van der Waals surface area contributed by atoms with Crippen molar-refractivity contribution in [2.75, 3.05) is 26.9 Å². The summed E-state index contributed by atoms with van der Waals surface area (Å²) in [7, 11) is 1.74. The van der Waals surface area contributed by atoms with E-state index in [1.807, 2.05) is 0 Å². The van der Waals surface area contributed by atoms with Gasteiger partial charge in [-0.3, -0.25) is 0 Å². The number of rotatable bonds is 7. The molecule has 0 radical (unpaired) electrons. The number of aliphatic hydroxyl groups is 1. The summed E-state index contributed by atoms with van der Waals surface area (Å²) in [5.41, 5.74) is 0.221. The number of carbonyl (C=O) groups excluding carboxylic acids is 1. The van der Waals surface area contributed by atoms with Crippen LogP contribution in [0.5, 0.6) is 0 Å². The van der Waals surface area contributed by atoms with Gasteiger partial charge in [-0.25, -0.2) is 4.79 Å². The van der Waals surface area contributed by atoms with E-state index in [9.17, 15) is 9.90 Å². The van der Waals surface area contributed by atoms with Crippen molar-refractivity contribution in [2.45, 2.75) is 57.4 Å². The fourth-order valence-electron chi connectivity index (χ4n) is 5.33. The van der Waals surface area contributed by atoms with Crippen LogP contribution in [0.15, 0.2) is 0 Å². The standard InChI is InChI=1S/C18H32N2O3/c1-23-9-8-18(6-2-3-7-18)12-19-17(22)20-16-14-5-4-13(10-14)15(16)11-21/h13-16,21H,2-12H2,1H3,(H2,19,20,22). The van der Waals surface area contributed by atoms with Gasteiger partial charge in [-0.1, -0.05) is 12.8 Å². The number of urea groups is 1. The molecular formula is C18H32N2O3. The molecule has 3 aliphatic carbocycles. The van der Waals surface area contributed by atoms with Crippen molar-refractivity contribution < 1.29 is 14.6 Å². The quantitative estimate of drug-likeness (QED) is 0.673. The Balaban J connectivity index is 1.49. The van der Waals surface area contributed by atoms with Crippen molar-refractivity contribution in [2.24, 2.45) is 23.2 Å². The highest BCUT2D eigenvalue weighted by atomic mass is 16.5. The fraction of sp³-hybridized carbons (Fsp3) is 0.944. The summed E-state index contributed by atoms with van der Waals surface area (Å²) >= 11 is 0. The molecule has 3 saturated carbocycles. The predicted octanol–water partition coefficient (Wildman–Crippen LogP) is 2.29. The summed E-state index contributed by atoms with van der Waals surface area (Å²) < 4.78 is 5.25. The summed E-state index contributed by atoms with van der Waals surface area (Å²) in [5.74, 6) is 1.43. The minimum Gasteiger partial charge on any atom is -0.396 e.